The van der Waals surface area contributed by atoms with Gasteiger partial charge in [-0.3, -0.25) is 19.5 Å². The molecule has 2 aromatic rings. The molecule has 0 amide bonds. The van der Waals surface area contributed by atoms with Crippen LogP contribution in [0.2, 0.25) is 0 Å². The number of piperazine rings is 1. The van der Waals surface area contributed by atoms with E-state index in [4.69, 9.17) is 4.42 Å². The minimum atomic E-state index is -0.337. The van der Waals surface area contributed by atoms with E-state index in [2.05, 4.69) is 55.8 Å². The van der Waals surface area contributed by atoms with Crippen LogP contribution < -0.4 is 5.43 Å². The summed E-state index contributed by atoms with van der Waals surface area (Å²) >= 11 is 3.57. The monoisotopic (exact) mass is 489 g/mol. The average Bonchev–Trinajstić information content (AvgIpc) is 3.27. The van der Waals surface area contributed by atoms with E-state index in [1.165, 1.54) is 30.0 Å². The zero-order valence-electron chi connectivity index (χ0n) is 18.3. The van der Waals surface area contributed by atoms with Gasteiger partial charge in [-0.05, 0) is 55.6 Å². The van der Waals surface area contributed by atoms with Gasteiger partial charge in [-0.25, -0.2) is 0 Å². The van der Waals surface area contributed by atoms with Crippen LogP contribution in [0, 0.1) is 0 Å². The van der Waals surface area contributed by atoms with Crippen LogP contribution in [-0.2, 0) is 26.1 Å². The first-order valence-corrected chi connectivity index (χ1v) is 12.1. The number of nitrogens with zero attached hydrogens (tertiary/aromatic N) is 3. The van der Waals surface area contributed by atoms with Crippen molar-refractivity contribution in [2.24, 2.45) is 0 Å². The molecule has 1 N–H and O–H groups in total. The van der Waals surface area contributed by atoms with Crippen LogP contribution in [0.4, 0.5) is 0 Å². The Kier molecular flexibility index (Phi) is 7.48. The Hall–Kier alpha value is -1.67. The van der Waals surface area contributed by atoms with Gasteiger partial charge in [0.05, 0.1) is 13.1 Å². The van der Waals surface area contributed by atoms with Crippen LogP contribution in [0.5, 0.6) is 5.75 Å². The zero-order chi connectivity index (χ0) is 21.8. The minimum Gasteiger partial charge on any atom is -0.502 e. The summed E-state index contributed by atoms with van der Waals surface area (Å²) in [6, 6.07) is 7.99. The summed E-state index contributed by atoms with van der Waals surface area (Å²) in [5, 5.41) is 10.3. The van der Waals surface area contributed by atoms with Gasteiger partial charge in [0.1, 0.15) is 5.76 Å². The third-order valence-electron chi connectivity index (χ3n) is 6.40. The summed E-state index contributed by atoms with van der Waals surface area (Å²) in [5.74, 6) is 0.812. The maximum absolute atomic E-state index is 12.3. The Bertz CT molecular complexity index is 948. The molecule has 1 aromatic carbocycles. The van der Waals surface area contributed by atoms with Crippen LogP contribution in [0.3, 0.4) is 0 Å². The number of hydrogen-bond acceptors (Lipinski definition) is 6. The molecule has 0 spiro atoms. The van der Waals surface area contributed by atoms with Gasteiger partial charge >= 0.3 is 0 Å². The van der Waals surface area contributed by atoms with Crippen molar-refractivity contribution in [1.82, 2.24) is 14.7 Å². The molecule has 31 heavy (non-hydrogen) atoms. The summed E-state index contributed by atoms with van der Waals surface area (Å²) in [7, 11) is 0. The molecular formula is C24H32BrN3O3. The number of likely N-dealkylation sites (tertiary alicyclic amines) is 1. The maximum atomic E-state index is 12.3. The lowest BCUT2D eigenvalue weighted by Gasteiger charge is -2.34. The highest BCUT2D eigenvalue weighted by Crippen LogP contribution is 2.22. The molecule has 0 aliphatic carbocycles. The number of hydrogen-bond donors (Lipinski definition) is 1. The van der Waals surface area contributed by atoms with E-state index in [0.29, 0.717) is 24.6 Å². The fourth-order valence-corrected chi connectivity index (χ4v) is 4.97. The minimum absolute atomic E-state index is 0.241. The number of benzene rings is 1. The molecule has 6 nitrogen and oxygen atoms in total. The fraction of sp³-hybridized carbons (Fsp3) is 0.542. The van der Waals surface area contributed by atoms with Crippen molar-refractivity contribution in [2.45, 2.75) is 45.8 Å². The molecule has 7 heteroatoms. The van der Waals surface area contributed by atoms with Crippen LogP contribution >= 0.6 is 15.9 Å². The average molecular weight is 490 g/mol. The molecule has 0 saturated carbocycles. The van der Waals surface area contributed by atoms with Gasteiger partial charge in [0.2, 0.25) is 11.2 Å². The van der Waals surface area contributed by atoms with Gasteiger partial charge in [0.15, 0.2) is 5.76 Å². The van der Waals surface area contributed by atoms with E-state index in [0.717, 1.165) is 56.7 Å². The van der Waals surface area contributed by atoms with E-state index >= 15 is 0 Å². The summed E-state index contributed by atoms with van der Waals surface area (Å²) in [5.41, 5.74) is 2.44. The van der Waals surface area contributed by atoms with Crippen LogP contribution in [-0.4, -0.2) is 59.1 Å². The molecule has 0 atom stereocenters. The molecule has 2 fully saturated rings. The van der Waals surface area contributed by atoms with Crippen molar-refractivity contribution in [3.63, 3.8) is 0 Å². The molecule has 2 aliphatic rings. The van der Waals surface area contributed by atoms with Crippen molar-refractivity contribution < 1.29 is 9.52 Å². The Labute approximate surface area is 192 Å². The normalized spacial score (nSPS) is 18.6. The highest BCUT2D eigenvalue weighted by Gasteiger charge is 2.22. The second-order valence-electron chi connectivity index (χ2n) is 8.65. The molecule has 4 rings (SSSR count). The van der Waals surface area contributed by atoms with Gasteiger partial charge in [-0.15, -0.1) is 0 Å². The van der Waals surface area contributed by atoms with Gasteiger partial charge in [-0.2, -0.15) is 0 Å². The summed E-state index contributed by atoms with van der Waals surface area (Å²) in [4.78, 5) is 19.3. The second kappa shape index (κ2) is 10.3. The smallest absolute Gasteiger partial charge is 0.227 e. The second-order valence-corrected chi connectivity index (χ2v) is 9.57. The van der Waals surface area contributed by atoms with E-state index in [-0.39, 0.29) is 11.2 Å². The van der Waals surface area contributed by atoms with Crippen LogP contribution in [0.15, 0.2) is 37.9 Å². The lowest BCUT2D eigenvalue weighted by molar-refractivity contribution is 0.112. The molecule has 0 bridgehead atoms. The predicted molar refractivity (Wildman–Crippen MR) is 125 cm³/mol. The topological polar surface area (TPSA) is 60.2 Å². The Morgan fingerprint density at radius 3 is 2.23 bits per heavy atom. The van der Waals surface area contributed by atoms with Gasteiger partial charge in [0, 0.05) is 43.3 Å². The molecule has 2 saturated heterocycles. The van der Waals surface area contributed by atoms with Crippen molar-refractivity contribution in [3.8, 4) is 5.75 Å². The number of aryl methyl sites for hydroxylation is 1. The van der Waals surface area contributed by atoms with Crippen molar-refractivity contribution in [1.29, 1.82) is 0 Å². The third-order valence-corrected chi connectivity index (χ3v) is 6.89. The molecular weight excluding hydrogens is 458 g/mol. The molecule has 2 aliphatic heterocycles. The SMILES string of the molecule is CCc1cc(Br)ccc1CN1CCN(Cc2oc(CN3CCCC3)cc(=O)c2O)CC1. The van der Waals surface area contributed by atoms with Gasteiger partial charge in [0.25, 0.3) is 0 Å². The highest BCUT2D eigenvalue weighted by molar-refractivity contribution is 9.10. The van der Waals surface area contributed by atoms with E-state index in [1.54, 1.807) is 0 Å². The van der Waals surface area contributed by atoms with Gasteiger partial charge < -0.3 is 9.52 Å². The van der Waals surface area contributed by atoms with E-state index in [9.17, 15) is 9.90 Å². The molecule has 168 valence electrons. The zero-order valence-corrected chi connectivity index (χ0v) is 19.9. The predicted octanol–water partition coefficient (Wildman–Crippen LogP) is 3.58. The Morgan fingerprint density at radius 2 is 1.55 bits per heavy atom. The summed E-state index contributed by atoms with van der Waals surface area (Å²) in [6.07, 6.45) is 3.42. The highest BCUT2D eigenvalue weighted by atomic mass is 79.9. The van der Waals surface area contributed by atoms with Crippen molar-refractivity contribution >= 4 is 15.9 Å². The molecule has 3 heterocycles. The quantitative estimate of drug-likeness (QED) is 0.641. The lowest BCUT2D eigenvalue weighted by atomic mass is 10.0. The number of rotatable bonds is 7. The summed E-state index contributed by atoms with van der Waals surface area (Å²) in [6.45, 7) is 10.0. The molecule has 1 aromatic heterocycles. The standard InChI is InChI=1S/C24H32BrN3O3/c1-2-18-13-20(25)6-5-19(18)15-27-9-11-28(12-10-27)17-23-24(30)22(29)14-21(31-23)16-26-7-3-4-8-26/h5-6,13-14,30H,2-4,7-12,15-17H2,1H3. The first kappa shape index (κ1) is 22.5. The molecule has 0 unspecified atom stereocenters. The maximum Gasteiger partial charge on any atom is 0.227 e. The number of halogens is 1. The first-order valence-electron chi connectivity index (χ1n) is 11.3. The summed E-state index contributed by atoms with van der Waals surface area (Å²) < 4.78 is 7.10. The van der Waals surface area contributed by atoms with Crippen LogP contribution in [0.25, 0.3) is 0 Å². The van der Waals surface area contributed by atoms with Crippen LogP contribution in [0.1, 0.15) is 42.4 Å². The fourth-order valence-electron chi connectivity index (χ4n) is 4.56. The first-order chi connectivity index (χ1) is 15.0. The van der Waals surface area contributed by atoms with Gasteiger partial charge in [-0.1, -0.05) is 28.9 Å². The Balaban J connectivity index is 1.35. The largest absolute Gasteiger partial charge is 0.502 e. The van der Waals surface area contributed by atoms with E-state index in [1.807, 2.05) is 0 Å². The third kappa shape index (κ3) is 5.77. The molecule has 0 radical (unpaired) electrons. The number of aromatic hydroxyl groups is 1. The Morgan fingerprint density at radius 1 is 0.903 bits per heavy atom. The van der Waals surface area contributed by atoms with E-state index < -0.39 is 0 Å². The van der Waals surface area contributed by atoms with Crippen molar-refractivity contribution in [2.75, 3.05) is 39.3 Å². The lowest BCUT2D eigenvalue weighted by Crippen LogP contribution is -2.45. The van der Waals surface area contributed by atoms with Crippen molar-refractivity contribution in [3.05, 3.63) is 61.6 Å².